The van der Waals surface area contributed by atoms with E-state index in [2.05, 4.69) is 44.1 Å². The van der Waals surface area contributed by atoms with E-state index in [-0.39, 0.29) is 12.8 Å². The molecule has 0 aromatic heterocycles. The fourth-order valence-electron chi connectivity index (χ4n) is 4.68. The van der Waals surface area contributed by atoms with Crippen LogP contribution in [0.4, 0.5) is 0 Å². The van der Waals surface area contributed by atoms with Gasteiger partial charge in [0.15, 0.2) is 0 Å². The molecule has 0 bridgehead atoms. The molecule has 0 spiro atoms. The lowest BCUT2D eigenvalue weighted by Crippen LogP contribution is -2.25. The van der Waals surface area contributed by atoms with Gasteiger partial charge in [0, 0.05) is 12.8 Å². The van der Waals surface area contributed by atoms with Crippen molar-refractivity contribution < 1.29 is 71.4 Å². The molecule has 0 aliphatic rings. The molecule has 0 radical (unpaired) electrons. The van der Waals surface area contributed by atoms with E-state index >= 15 is 0 Å². The summed E-state index contributed by atoms with van der Waals surface area (Å²) in [5, 5.41) is 30.0. The number of allylic oxidation sites excluding steroid dienone is 24. The number of esters is 2. The highest BCUT2D eigenvalue weighted by Crippen LogP contribution is 2.45. The van der Waals surface area contributed by atoms with Crippen molar-refractivity contribution in [2.45, 2.75) is 109 Å². The molecule has 0 saturated heterocycles. The van der Waals surface area contributed by atoms with Crippen molar-refractivity contribution in [2.75, 3.05) is 39.6 Å². The fraction of sp³-hybridized carbons (Fsp3) is 0.469. The van der Waals surface area contributed by atoms with Crippen molar-refractivity contribution in [3.8, 4) is 0 Å². The summed E-state index contributed by atoms with van der Waals surface area (Å²) in [5.41, 5.74) is 0. The second-order valence-electron chi connectivity index (χ2n) is 14.3. The highest BCUT2D eigenvalue weighted by molar-refractivity contribution is 7.47. The normalized spacial score (nSPS) is 16.4. The Hall–Kier alpha value is -4.08. The van der Waals surface area contributed by atoms with E-state index in [9.17, 15) is 43.8 Å². The van der Waals surface area contributed by atoms with Crippen molar-refractivity contribution in [1.82, 2.24) is 0 Å². The Bertz CT molecular complexity index is 1610. The number of ether oxygens (including phenoxy) is 2. The fourth-order valence-corrected chi connectivity index (χ4v) is 6.28. The van der Waals surface area contributed by atoms with E-state index in [1.807, 2.05) is 134 Å². The molecule has 0 aromatic rings. The van der Waals surface area contributed by atoms with E-state index in [1.165, 1.54) is 0 Å². The first kappa shape index (κ1) is 61.9. The summed E-state index contributed by atoms with van der Waals surface area (Å²) in [5.74, 6) is -1.09. The molecule has 0 saturated carbocycles. The molecule has 5 N–H and O–H groups in total. The van der Waals surface area contributed by atoms with Crippen molar-refractivity contribution in [3.63, 3.8) is 0 Å². The molecule has 4 unspecified atom stereocenters. The van der Waals surface area contributed by atoms with Crippen LogP contribution in [0.2, 0.25) is 0 Å². The number of hydrogen-bond acceptors (Lipinski definition) is 13. The van der Waals surface area contributed by atoms with Crippen LogP contribution >= 0.6 is 15.6 Å². The first-order valence-electron chi connectivity index (χ1n) is 22.4. The van der Waals surface area contributed by atoms with Gasteiger partial charge in [0.05, 0.1) is 26.4 Å². The third kappa shape index (κ3) is 45.1. The number of rotatable bonds is 40. The van der Waals surface area contributed by atoms with Crippen LogP contribution in [-0.2, 0) is 46.3 Å². The van der Waals surface area contributed by atoms with Gasteiger partial charge in [0.1, 0.15) is 31.5 Å². The second-order valence-corrected chi connectivity index (χ2v) is 17.2. The Morgan fingerprint density at radius 1 is 0.394 bits per heavy atom. The molecule has 4 atom stereocenters. The number of aliphatic hydroxyl groups is 3. The highest BCUT2D eigenvalue weighted by atomic mass is 31.2. The van der Waals surface area contributed by atoms with Crippen LogP contribution in [-0.4, -0.2) is 95.0 Å². The third-order valence-electron chi connectivity index (χ3n) is 8.11. The molecule has 370 valence electrons. The number of carbonyl (C=O) groups is 2. The minimum absolute atomic E-state index is 0.135. The quantitative estimate of drug-likeness (QED) is 0.0167. The van der Waals surface area contributed by atoms with Gasteiger partial charge < -0.3 is 34.6 Å². The molecular weight excluding hydrogens is 890 g/mol. The summed E-state index contributed by atoms with van der Waals surface area (Å²) < 4.78 is 52.8. The number of carbonyl (C=O) groups excluding carboxylic acids is 2. The number of phosphoric ester groups is 2. The van der Waals surface area contributed by atoms with Crippen LogP contribution in [0, 0.1) is 0 Å². The largest absolute Gasteiger partial charge is 0.472 e. The minimum Gasteiger partial charge on any atom is -0.463 e. The lowest BCUT2D eigenvalue weighted by Gasteiger charge is -2.19. The van der Waals surface area contributed by atoms with Crippen LogP contribution in [0.15, 0.2) is 146 Å². The topological polar surface area (TPSA) is 225 Å². The van der Waals surface area contributed by atoms with Gasteiger partial charge >= 0.3 is 27.6 Å². The Kier molecular flexibility index (Phi) is 40.8. The molecule has 0 aliphatic carbocycles. The van der Waals surface area contributed by atoms with E-state index in [1.54, 1.807) is 0 Å². The van der Waals surface area contributed by atoms with Crippen LogP contribution in [0.5, 0.6) is 0 Å². The maximum Gasteiger partial charge on any atom is 0.472 e. The molecule has 17 heteroatoms. The highest BCUT2D eigenvalue weighted by Gasteiger charge is 2.28. The number of phosphoric acid groups is 2. The minimum atomic E-state index is -4.81. The molecule has 15 nitrogen and oxygen atoms in total. The second kappa shape index (κ2) is 43.5. The van der Waals surface area contributed by atoms with Gasteiger partial charge in [-0.25, -0.2) is 9.13 Å². The maximum absolute atomic E-state index is 12.1. The number of aliphatic hydroxyl groups excluding tert-OH is 3. The molecular formula is C49H74O15P2. The lowest BCUT2D eigenvalue weighted by atomic mass is 10.1. The lowest BCUT2D eigenvalue weighted by molar-refractivity contribution is -0.148. The first-order chi connectivity index (χ1) is 31.8. The predicted octanol–water partition coefficient (Wildman–Crippen LogP) is 9.82. The standard InChI is InChI=1S/C49H74O15P2/c1-3-5-7-9-11-13-15-17-19-21-23-25-27-29-31-33-35-37-48(53)59-39-45(50)41-61-65(55,56)63-43-47(52)44-64-66(57,58)62-42-46(51)40-60-49(54)38-36-34-32-30-28-26-24-22-20-18-16-14-12-10-8-6-4-2/h5-28,45-47,50-52H,3-4,29-44H2,1-2H3,(H,55,56)(H,57,58)/b7-5-,8-6-,11-9+,12-10+,15-13+,16-14+,19-17-,20-18-,23-21+,24-22+,27-25+,28-26+. The summed E-state index contributed by atoms with van der Waals surface area (Å²) in [7, 11) is -9.62. The van der Waals surface area contributed by atoms with Gasteiger partial charge in [0.2, 0.25) is 0 Å². The van der Waals surface area contributed by atoms with Crippen molar-refractivity contribution >= 4 is 27.6 Å². The molecule has 0 aromatic carbocycles. The zero-order valence-corrected chi connectivity index (χ0v) is 40.3. The summed E-state index contributed by atoms with van der Waals surface area (Å²) in [4.78, 5) is 43.7. The third-order valence-corrected chi connectivity index (χ3v) is 10.0. The zero-order valence-electron chi connectivity index (χ0n) is 38.5. The molecule has 0 fully saturated rings. The Morgan fingerprint density at radius 2 is 0.652 bits per heavy atom. The van der Waals surface area contributed by atoms with Crippen molar-refractivity contribution in [3.05, 3.63) is 146 Å². The van der Waals surface area contributed by atoms with Crippen molar-refractivity contribution in [1.29, 1.82) is 0 Å². The monoisotopic (exact) mass is 964 g/mol. The van der Waals surface area contributed by atoms with E-state index in [4.69, 9.17) is 9.47 Å². The van der Waals surface area contributed by atoms with Crippen LogP contribution < -0.4 is 0 Å². The smallest absolute Gasteiger partial charge is 0.463 e. The van der Waals surface area contributed by atoms with Crippen LogP contribution in [0.3, 0.4) is 0 Å². The molecule has 0 heterocycles. The summed E-state index contributed by atoms with van der Waals surface area (Å²) in [6.07, 6.45) is 51.2. The Morgan fingerprint density at radius 3 is 0.939 bits per heavy atom. The Balaban J connectivity index is 4.06. The predicted molar refractivity (Wildman–Crippen MR) is 260 cm³/mol. The Labute approximate surface area is 392 Å². The first-order valence-corrected chi connectivity index (χ1v) is 25.3. The SMILES string of the molecule is CC\C=C/C=C/C=C/C=C\C=C\C=C\CCCCCC(=O)OCC(O)COP(=O)(O)OCC(O)COP(=O)(O)OCC(O)COC(=O)CCCCC/C=C/C=C/C=C\C=C\C=C\C=C/CC. The molecule has 0 aliphatic heterocycles. The summed E-state index contributed by atoms with van der Waals surface area (Å²) >= 11 is 0. The average Bonchev–Trinajstić information content (AvgIpc) is 3.29. The number of unbranched alkanes of at least 4 members (excludes halogenated alkanes) is 6. The van der Waals surface area contributed by atoms with E-state index in [0.29, 0.717) is 12.8 Å². The van der Waals surface area contributed by atoms with Crippen LogP contribution in [0.25, 0.3) is 0 Å². The van der Waals surface area contributed by atoms with E-state index in [0.717, 1.165) is 51.4 Å². The summed E-state index contributed by atoms with van der Waals surface area (Å²) in [6.45, 7) is -0.0475. The van der Waals surface area contributed by atoms with Gasteiger partial charge in [-0.05, 0) is 51.4 Å². The zero-order chi connectivity index (χ0) is 48.8. The van der Waals surface area contributed by atoms with Crippen LogP contribution in [0.1, 0.15) is 90.9 Å². The van der Waals surface area contributed by atoms with Gasteiger partial charge in [0.25, 0.3) is 0 Å². The molecule has 0 rings (SSSR count). The molecule has 0 amide bonds. The average molecular weight is 965 g/mol. The van der Waals surface area contributed by atoms with Gasteiger partial charge in [-0.1, -0.05) is 173 Å². The molecule has 66 heavy (non-hydrogen) atoms. The summed E-state index contributed by atoms with van der Waals surface area (Å²) in [6, 6.07) is 0. The van der Waals surface area contributed by atoms with E-state index < -0.39 is 85.5 Å². The van der Waals surface area contributed by atoms with Gasteiger partial charge in [-0.2, -0.15) is 0 Å². The van der Waals surface area contributed by atoms with Gasteiger partial charge in [-0.15, -0.1) is 0 Å². The number of hydrogen-bond donors (Lipinski definition) is 5. The van der Waals surface area contributed by atoms with Crippen molar-refractivity contribution in [2.24, 2.45) is 0 Å². The maximum atomic E-state index is 12.1. The van der Waals surface area contributed by atoms with Gasteiger partial charge in [-0.3, -0.25) is 27.7 Å².